The highest BCUT2D eigenvalue weighted by Gasteiger charge is 2.14. The summed E-state index contributed by atoms with van der Waals surface area (Å²) in [6.45, 7) is 6.27. The first kappa shape index (κ1) is 11.9. The van der Waals surface area contributed by atoms with Gasteiger partial charge in [-0.3, -0.25) is 9.59 Å². The predicted octanol–water partition coefficient (Wildman–Crippen LogP) is -0.471. The van der Waals surface area contributed by atoms with Gasteiger partial charge in [-0.15, -0.1) is 0 Å². The van der Waals surface area contributed by atoms with Crippen molar-refractivity contribution in [3.8, 4) is 0 Å². The summed E-state index contributed by atoms with van der Waals surface area (Å²) in [7, 11) is 0. The van der Waals surface area contributed by atoms with Gasteiger partial charge in [0, 0.05) is 26.6 Å². The fourth-order valence-electron chi connectivity index (χ4n) is 0.980. The number of likely N-dealkylation sites (N-methyl/N-ethyl adjacent to an activating group) is 1. The second kappa shape index (κ2) is 6.42. The number of piperazine rings is 1. The van der Waals surface area contributed by atoms with Gasteiger partial charge < -0.3 is 15.3 Å². The molecule has 0 aromatic heterocycles. The van der Waals surface area contributed by atoms with E-state index >= 15 is 0 Å². The molecule has 1 saturated heterocycles. The Hall–Kier alpha value is -1.10. The molecule has 1 amide bonds. The number of hydrogen-bond donors (Lipinski definition) is 2. The molecule has 0 saturated carbocycles. The van der Waals surface area contributed by atoms with Gasteiger partial charge in [-0.25, -0.2) is 0 Å². The molecule has 1 aliphatic heterocycles. The summed E-state index contributed by atoms with van der Waals surface area (Å²) in [6, 6.07) is 0. The van der Waals surface area contributed by atoms with Gasteiger partial charge in [-0.1, -0.05) is 0 Å². The van der Waals surface area contributed by atoms with Crippen molar-refractivity contribution in [2.75, 3.05) is 26.2 Å². The molecule has 0 unspecified atom stereocenters. The maximum atomic E-state index is 10.9. The van der Waals surface area contributed by atoms with Crippen LogP contribution in [0.5, 0.6) is 0 Å². The van der Waals surface area contributed by atoms with Gasteiger partial charge in [0.1, 0.15) is 0 Å². The zero-order chi connectivity index (χ0) is 10.3. The van der Waals surface area contributed by atoms with Crippen molar-refractivity contribution < 1.29 is 14.7 Å². The Balaban J connectivity index is 0.000000310. The van der Waals surface area contributed by atoms with E-state index in [1.54, 1.807) is 0 Å². The largest absolute Gasteiger partial charge is 0.481 e. The highest BCUT2D eigenvalue weighted by Crippen LogP contribution is 1.91. The minimum Gasteiger partial charge on any atom is -0.481 e. The molecule has 0 radical (unpaired) electrons. The first-order chi connectivity index (χ1) is 6.07. The van der Waals surface area contributed by atoms with Crippen molar-refractivity contribution >= 4 is 11.9 Å². The lowest BCUT2D eigenvalue weighted by Crippen LogP contribution is -2.47. The molecule has 13 heavy (non-hydrogen) atoms. The monoisotopic (exact) mass is 188 g/mol. The lowest BCUT2D eigenvalue weighted by atomic mass is 10.3. The fraction of sp³-hybridized carbons (Fsp3) is 0.750. The van der Waals surface area contributed by atoms with Crippen molar-refractivity contribution in [1.82, 2.24) is 10.2 Å². The number of carboxylic acids is 1. The van der Waals surface area contributed by atoms with Crippen molar-refractivity contribution in [2.45, 2.75) is 13.8 Å². The van der Waals surface area contributed by atoms with Crippen LogP contribution in [0.25, 0.3) is 0 Å². The zero-order valence-corrected chi connectivity index (χ0v) is 8.04. The molecule has 0 spiro atoms. The first-order valence-electron chi connectivity index (χ1n) is 4.26. The van der Waals surface area contributed by atoms with Crippen LogP contribution in [0.1, 0.15) is 13.8 Å². The Morgan fingerprint density at radius 2 is 2.23 bits per heavy atom. The smallest absolute Gasteiger partial charge is 0.300 e. The van der Waals surface area contributed by atoms with E-state index in [4.69, 9.17) is 9.90 Å². The topological polar surface area (TPSA) is 69.6 Å². The van der Waals surface area contributed by atoms with Gasteiger partial charge in [-0.2, -0.15) is 0 Å². The molecule has 0 bridgehead atoms. The van der Waals surface area contributed by atoms with E-state index in [1.807, 2.05) is 11.8 Å². The summed E-state index contributed by atoms with van der Waals surface area (Å²) in [5.41, 5.74) is 0. The van der Waals surface area contributed by atoms with Gasteiger partial charge in [0.05, 0.1) is 6.54 Å². The van der Waals surface area contributed by atoms with Gasteiger partial charge >= 0.3 is 0 Å². The minimum atomic E-state index is -0.833. The second-order valence-corrected chi connectivity index (χ2v) is 2.67. The summed E-state index contributed by atoms with van der Waals surface area (Å²) in [6.07, 6.45) is 0. The van der Waals surface area contributed by atoms with Crippen molar-refractivity contribution in [3.63, 3.8) is 0 Å². The van der Waals surface area contributed by atoms with Crippen LogP contribution in [0.2, 0.25) is 0 Å². The zero-order valence-electron chi connectivity index (χ0n) is 8.04. The van der Waals surface area contributed by atoms with Crippen LogP contribution in [0.3, 0.4) is 0 Å². The third-order valence-electron chi connectivity index (χ3n) is 1.57. The minimum absolute atomic E-state index is 0.226. The van der Waals surface area contributed by atoms with Crippen LogP contribution in [-0.4, -0.2) is 48.1 Å². The molecular weight excluding hydrogens is 172 g/mol. The van der Waals surface area contributed by atoms with E-state index in [0.29, 0.717) is 6.54 Å². The Morgan fingerprint density at radius 1 is 1.69 bits per heavy atom. The number of carbonyl (C=O) groups is 2. The quantitative estimate of drug-likeness (QED) is 0.583. The Kier molecular flexibility index (Phi) is 5.88. The molecule has 2 N–H and O–H groups in total. The standard InChI is InChI=1S/C6H12N2O.C2H4O2/c1-2-8-4-3-7-5-6(8)9;1-2(3)4/h7H,2-5H2,1H3;1H3,(H,3,4). The number of nitrogens with zero attached hydrogens (tertiary/aromatic N) is 1. The Morgan fingerprint density at radius 3 is 2.54 bits per heavy atom. The van der Waals surface area contributed by atoms with E-state index in [2.05, 4.69) is 5.32 Å². The summed E-state index contributed by atoms with van der Waals surface area (Å²) in [5.74, 6) is -0.608. The number of carboxylic acid groups (broad SMARTS) is 1. The lowest BCUT2D eigenvalue weighted by Gasteiger charge is -2.25. The van der Waals surface area contributed by atoms with Crippen LogP contribution in [0, 0.1) is 0 Å². The third kappa shape index (κ3) is 6.10. The highest BCUT2D eigenvalue weighted by molar-refractivity contribution is 5.78. The van der Waals surface area contributed by atoms with E-state index in [1.165, 1.54) is 0 Å². The molecule has 5 nitrogen and oxygen atoms in total. The predicted molar refractivity (Wildman–Crippen MR) is 48.4 cm³/mol. The van der Waals surface area contributed by atoms with Crippen molar-refractivity contribution in [1.29, 1.82) is 0 Å². The lowest BCUT2D eigenvalue weighted by molar-refractivity contribution is -0.134. The van der Waals surface area contributed by atoms with E-state index < -0.39 is 5.97 Å². The summed E-state index contributed by atoms with van der Waals surface area (Å²) >= 11 is 0. The van der Waals surface area contributed by atoms with Gasteiger partial charge in [0.15, 0.2) is 0 Å². The number of hydrogen-bond acceptors (Lipinski definition) is 3. The van der Waals surface area contributed by atoms with Crippen molar-refractivity contribution in [3.05, 3.63) is 0 Å². The van der Waals surface area contributed by atoms with Crippen LogP contribution in [0.15, 0.2) is 0 Å². The van der Waals surface area contributed by atoms with E-state index in [0.717, 1.165) is 26.6 Å². The van der Waals surface area contributed by atoms with E-state index in [-0.39, 0.29) is 5.91 Å². The van der Waals surface area contributed by atoms with Crippen LogP contribution in [-0.2, 0) is 9.59 Å². The van der Waals surface area contributed by atoms with Gasteiger partial charge in [0.25, 0.3) is 5.97 Å². The second-order valence-electron chi connectivity index (χ2n) is 2.67. The number of nitrogens with one attached hydrogen (secondary N) is 1. The number of aliphatic carboxylic acids is 1. The number of carbonyl (C=O) groups excluding carboxylic acids is 1. The molecule has 0 aromatic rings. The normalized spacial score (nSPS) is 16.2. The number of rotatable bonds is 1. The molecule has 5 heteroatoms. The molecular formula is C8H16N2O3. The highest BCUT2D eigenvalue weighted by atomic mass is 16.4. The molecule has 1 fully saturated rings. The number of amides is 1. The van der Waals surface area contributed by atoms with Crippen molar-refractivity contribution in [2.24, 2.45) is 0 Å². The maximum absolute atomic E-state index is 10.9. The maximum Gasteiger partial charge on any atom is 0.300 e. The molecule has 1 aliphatic rings. The molecule has 1 heterocycles. The Bertz CT molecular complexity index is 178. The van der Waals surface area contributed by atoms with Gasteiger partial charge in [-0.05, 0) is 6.92 Å². The summed E-state index contributed by atoms with van der Waals surface area (Å²) in [5, 5.41) is 10.4. The molecule has 0 aliphatic carbocycles. The summed E-state index contributed by atoms with van der Waals surface area (Å²) < 4.78 is 0. The average molecular weight is 188 g/mol. The van der Waals surface area contributed by atoms with Crippen LogP contribution in [0.4, 0.5) is 0 Å². The van der Waals surface area contributed by atoms with Crippen LogP contribution < -0.4 is 5.32 Å². The molecule has 76 valence electrons. The summed E-state index contributed by atoms with van der Waals surface area (Å²) in [4.78, 5) is 21.7. The SMILES string of the molecule is CC(=O)O.CCN1CCNCC1=O. The van der Waals surface area contributed by atoms with Crippen LogP contribution >= 0.6 is 0 Å². The average Bonchev–Trinajstić information content (AvgIpc) is 2.04. The van der Waals surface area contributed by atoms with E-state index in [9.17, 15) is 4.79 Å². The third-order valence-corrected chi connectivity index (χ3v) is 1.57. The first-order valence-corrected chi connectivity index (χ1v) is 4.26. The van der Waals surface area contributed by atoms with Gasteiger partial charge in [0.2, 0.25) is 5.91 Å². The fourth-order valence-corrected chi connectivity index (χ4v) is 0.980. The Labute approximate surface area is 77.7 Å². The molecule has 1 rings (SSSR count). The molecule has 0 atom stereocenters. The molecule has 0 aromatic carbocycles.